The number of amides is 1. The van der Waals surface area contributed by atoms with E-state index in [0.717, 1.165) is 9.08 Å². The van der Waals surface area contributed by atoms with Crippen molar-refractivity contribution in [3.05, 3.63) is 20.8 Å². The van der Waals surface area contributed by atoms with Crippen molar-refractivity contribution in [3.8, 4) is 0 Å². The number of hydrogen-bond donors (Lipinski definition) is 2. The average molecular weight is 295 g/mol. The van der Waals surface area contributed by atoms with Gasteiger partial charge in [-0.3, -0.25) is 4.79 Å². The summed E-state index contributed by atoms with van der Waals surface area (Å²) in [6.45, 7) is 0.450. The molecule has 1 aliphatic rings. The number of rotatable bonds is 0. The second-order valence-electron chi connectivity index (χ2n) is 2.34. The summed E-state index contributed by atoms with van der Waals surface area (Å²) < 4.78 is 3.39. The fourth-order valence-corrected chi connectivity index (χ4v) is 1.89. The van der Waals surface area contributed by atoms with E-state index in [-0.39, 0.29) is 5.91 Å². The van der Waals surface area contributed by atoms with Crippen molar-refractivity contribution in [2.75, 3.05) is 12.1 Å². The predicted molar refractivity (Wildman–Crippen MR) is 51.5 cm³/mol. The van der Waals surface area contributed by atoms with Crippen LogP contribution in [0.5, 0.6) is 0 Å². The minimum Gasteiger partial charge on any atom is -0.332 e. The number of aromatic nitrogens is 1. The minimum absolute atomic E-state index is 0.0693. The maximum atomic E-state index is 11.2. The Morgan fingerprint density at radius 2 is 2.25 bits per heavy atom. The second-order valence-corrected chi connectivity index (χ2v) is 3.95. The zero-order valence-electron chi connectivity index (χ0n) is 5.90. The van der Waals surface area contributed by atoms with Crippen LogP contribution in [0.25, 0.3) is 0 Å². The highest BCUT2D eigenvalue weighted by Crippen LogP contribution is 2.26. The Kier molecular flexibility index (Phi) is 1.88. The van der Waals surface area contributed by atoms with Crippen molar-refractivity contribution in [2.24, 2.45) is 0 Å². The summed E-state index contributed by atoms with van der Waals surface area (Å²) in [5, 5.41) is 2.67. The van der Waals surface area contributed by atoms with Crippen LogP contribution in [0.3, 0.4) is 0 Å². The molecule has 64 valence electrons. The van der Waals surface area contributed by atoms with Crippen molar-refractivity contribution >= 4 is 37.8 Å². The van der Waals surface area contributed by atoms with Crippen molar-refractivity contribution in [2.45, 2.75) is 0 Å². The maximum Gasteiger partial charge on any atom is 0.271 e. The van der Waals surface area contributed by atoms with Gasteiger partial charge in [0.15, 0.2) is 0 Å². The number of hydrogen-bond acceptors (Lipinski definition) is 2. The Labute approximate surface area is 85.5 Å². The van der Waals surface area contributed by atoms with E-state index in [4.69, 9.17) is 0 Å². The van der Waals surface area contributed by atoms with Gasteiger partial charge < -0.3 is 10.7 Å². The Balaban J connectivity index is 2.60. The van der Waals surface area contributed by atoms with Crippen LogP contribution in [0.1, 0.15) is 10.5 Å². The van der Waals surface area contributed by atoms with E-state index in [0.29, 0.717) is 12.4 Å². The molecule has 1 amide bonds. The van der Waals surface area contributed by atoms with Gasteiger partial charge in [0.05, 0.1) is 4.47 Å². The van der Waals surface area contributed by atoms with E-state index >= 15 is 0 Å². The molecule has 0 saturated heterocycles. The minimum atomic E-state index is -0.0693. The molecule has 2 heterocycles. The molecule has 0 spiro atoms. The highest BCUT2D eigenvalue weighted by Gasteiger charge is 2.20. The first-order chi connectivity index (χ1) is 5.70. The van der Waals surface area contributed by atoms with Gasteiger partial charge in [0.25, 0.3) is 5.91 Å². The largest absolute Gasteiger partial charge is 0.332 e. The molecule has 0 radical (unpaired) electrons. The topological polar surface area (TPSA) is 46.1 Å². The Morgan fingerprint density at radius 1 is 1.50 bits per heavy atom. The van der Waals surface area contributed by atoms with Crippen LogP contribution in [-0.4, -0.2) is 17.3 Å². The van der Waals surface area contributed by atoms with Crippen LogP contribution in [0.4, 0.5) is 0 Å². The molecular formula is C6H5Br2N3O. The molecule has 0 unspecified atom stereocenters. The Bertz CT molecular complexity index is 347. The summed E-state index contributed by atoms with van der Waals surface area (Å²) in [7, 11) is 0. The lowest BCUT2D eigenvalue weighted by atomic mass is 10.4. The average Bonchev–Trinajstić information content (AvgIpc) is 2.32. The molecule has 0 atom stereocenters. The van der Waals surface area contributed by atoms with Crippen LogP contribution < -0.4 is 10.7 Å². The standard InChI is InChI=1S/C6H5Br2N3O/c7-3-1-4-6(12)9-2-10-11(4)5(3)8/h1,10H,2H2,(H,9,12). The van der Waals surface area contributed by atoms with Gasteiger partial charge in [-0.25, -0.2) is 4.68 Å². The Morgan fingerprint density at radius 3 is 2.92 bits per heavy atom. The fourth-order valence-electron chi connectivity index (χ4n) is 1.07. The van der Waals surface area contributed by atoms with E-state index < -0.39 is 0 Å². The summed E-state index contributed by atoms with van der Waals surface area (Å²) in [5.74, 6) is -0.0693. The van der Waals surface area contributed by atoms with E-state index in [1.165, 1.54) is 0 Å². The molecule has 1 aromatic rings. The number of halogens is 2. The van der Waals surface area contributed by atoms with Gasteiger partial charge in [-0.2, -0.15) is 0 Å². The third-order valence-corrected chi connectivity index (χ3v) is 3.53. The van der Waals surface area contributed by atoms with E-state index in [1.54, 1.807) is 10.7 Å². The van der Waals surface area contributed by atoms with Crippen LogP contribution >= 0.6 is 31.9 Å². The zero-order chi connectivity index (χ0) is 8.72. The van der Waals surface area contributed by atoms with Crippen molar-refractivity contribution in [1.82, 2.24) is 9.99 Å². The third-order valence-electron chi connectivity index (χ3n) is 1.62. The summed E-state index contributed by atoms with van der Waals surface area (Å²) in [4.78, 5) is 11.2. The van der Waals surface area contributed by atoms with E-state index in [2.05, 4.69) is 42.6 Å². The van der Waals surface area contributed by atoms with Crippen molar-refractivity contribution < 1.29 is 4.79 Å². The summed E-state index contributed by atoms with van der Waals surface area (Å²) in [5.41, 5.74) is 3.59. The lowest BCUT2D eigenvalue weighted by molar-refractivity contribution is 0.0936. The van der Waals surface area contributed by atoms with Gasteiger partial charge in [0, 0.05) is 0 Å². The van der Waals surface area contributed by atoms with Crippen LogP contribution in [0.2, 0.25) is 0 Å². The lowest BCUT2D eigenvalue weighted by Gasteiger charge is -2.18. The smallest absolute Gasteiger partial charge is 0.271 e. The molecule has 12 heavy (non-hydrogen) atoms. The van der Waals surface area contributed by atoms with Crippen molar-refractivity contribution in [3.63, 3.8) is 0 Å². The molecule has 4 nitrogen and oxygen atoms in total. The molecular weight excluding hydrogens is 290 g/mol. The quantitative estimate of drug-likeness (QED) is 0.757. The first kappa shape index (κ1) is 8.12. The first-order valence-electron chi connectivity index (χ1n) is 3.29. The monoisotopic (exact) mass is 293 g/mol. The molecule has 6 heteroatoms. The highest BCUT2D eigenvalue weighted by atomic mass is 79.9. The molecule has 2 rings (SSSR count). The highest BCUT2D eigenvalue weighted by molar-refractivity contribution is 9.13. The van der Waals surface area contributed by atoms with Gasteiger partial charge in [-0.1, -0.05) is 0 Å². The molecule has 0 aliphatic carbocycles. The number of nitrogens with zero attached hydrogens (tertiary/aromatic N) is 1. The predicted octanol–water partition coefficient (Wildman–Crippen LogP) is 1.26. The number of carbonyl (C=O) groups is 1. The van der Waals surface area contributed by atoms with Gasteiger partial charge in [-0.05, 0) is 37.9 Å². The number of carbonyl (C=O) groups excluding carboxylic acids is 1. The third kappa shape index (κ3) is 1.06. The van der Waals surface area contributed by atoms with Crippen LogP contribution in [0.15, 0.2) is 15.1 Å². The molecule has 1 aliphatic heterocycles. The van der Waals surface area contributed by atoms with Crippen LogP contribution in [-0.2, 0) is 0 Å². The van der Waals surface area contributed by atoms with Crippen molar-refractivity contribution in [1.29, 1.82) is 0 Å². The molecule has 0 saturated carbocycles. The zero-order valence-corrected chi connectivity index (χ0v) is 9.07. The summed E-state index contributed by atoms with van der Waals surface area (Å²) >= 11 is 6.65. The van der Waals surface area contributed by atoms with Gasteiger partial charge in [0.1, 0.15) is 17.0 Å². The molecule has 2 N–H and O–H groups in total. The van der Waals surface area contributed by atoms with Gasteiger partial charge in [-0.15, -0.1) is 0 Å². The van der Waals surface area contributed by atoms with Gasteiger partial charge >= 0.3 is 0 Å². The summed E-state index contributed by atoms with van der Waals surface area (Å²) in [6, 6.07) is 1.76. The normalized spacial score (nSPS) is 15.0. The van der Waals surface area contributed by atoms with Gasteiger partial charge in [0.2, 0.25) is 0 Å². The molecule has 0 bridgehead atoms. The molecule has 0 aromatic carbocycles. The fraction of sp³-hybridized carbons (Fsp3) is 0.167. The molecule has 0 fully saturated rings. The van der Waals surface area contributed by atoms with E-state index in [1.807, 2.05) is 0 Å². The number of fused-ring (bicyclic) bond motifs is 1. The van der Waals surface area contributed by atoms with E-state index in [9.17, 15) is 4.79 Å². The lowest BCUT2D eigenvalue weighted by Crippen LogP contribution is -2.41. The number of nitrogens with one attached hydrogen (secondary N) is 2. The molecule has 1 aromatic heterocycles. The SMILES string of the molecule is O=C1NCNn2c1cc(Br)c2Br. The van der Waals surface area contributed by atoms with Crippen LogP contribution in [0, 0.1) is 0 Å². The summed E-state index contributed by atoms with van der Waals surface area (Å²) in [6.07, 6.45) is 0. The second kappa shape index (κ2) is 2.77. The first-order valence-corrected chi connectivity index (χ1v) is 4.87. The Hall–Kier alpha value is -0.490. The maximum absolute atomic E-state index is 11.2.